The number of rotatable bonds is 9. The normalized spacial score (nSPS) is 11.4. The van der Waals surface area contributed by atoms with Gasteiger partial charge in [0.05, 0.1) is 17.1 Å². The van der Waals surface area contributed by atoms with Gasteiger partial charge >= 0.3 is 0 Å². The maximum absolute atomic E-state index is 13.5. The molecule has 0 aliphatic carbocycles. The average Bonchev–Trinajstić information content (AvgIpc) is 2.87. The molecule has 1 amide bonds. The summed E-state index contributed by atoms with van der Waals surface area (Å²) >= 11 is 13.8. The molecule has 1 N–H and O–H groups in total. The van der Waals surface area contributed by atoms with Crippen molar-refractivity contribution >= 4 is 56.6 Å². The van der Waals surface area contributed by atoms with Crippen molar-refractivity contribution in [1.82, 2.24) is 4.31 Å². The zero-order valence-electron chi connectivity index (χ0n) is 19.0. The average molecular weight is 558 g/mol. The predicted octanol–water partition coefficient (Wildman–Crippen LogP) is 6.97. The standard InChI is InChI=1S/C27H22Cl2N2O3S2/c28-21-14-16-23(17-15-21)36(33,34)31(18-20-8-4-5-11-24(20)29)19-27(32)30-25-12-6-7-13-26(25)35-22-9-2-1-3-10-22/h1-17H,18-19H2,(H,30,32). The molecule has 0 saturated carbocycles. The molecule has 0 saturated heterocycles. The maximum Gasteiger partial charge on any atom is 0.243 e. The van der Waals surface area contributed by atoms with Crippen molar-refractivity contribution in [3.63, 3.8) is 0 Å². The largest absolute Gasteiger partial charge is 0.324 e. The van der Waals surface area contributed by atoms with E-state index < -0.39 is 22.5 Å². The number of nitrogens with zero attached hydrogens (tertiary/aromatic N) is 1. The second kappa shape index (κ2) is 12.0. The molecule has 0 unspecified atom stereocenters. The van der Waals surface area contributed by atoms with Crippen molar-refractivity contribution in [1.29, 1.82) is 0 Å². The Morgan fingerprint density at radius 3 is 2.17 bits per heavy atom. The SMILES string of the molecule is O=C(CN(Cc1ccccc1Cl)S(=O)(=O)c1ccc(Cl)cc1)Nc1ccccc1Sc1ccccc1. The molecule has 0 aliphatic rings. The number of benzene rings is 4. The van der Waals surface area contributed by atoms with E-state index in [-0.39, 0.29) is 11.4 Å². The van der Waals surface area contributed by atoms with Crippen LogP contribution in [0.3, 0.4) is 0 Å². The fourth-order valence-electron chi connectivity index (χ4n) is 3.42. The Balaban J connectivity index is 1.59. The summed E-state index contributed by atoms with van der Waals surface area (Å²) < 4.78 is 28.1. The monoisotopic (exact) mass is 556 g/mol. The minimum absolute atomic E-state index is 0.0341. The molecule has 4 aromatic rings. The second-order valence-corrected chi connectivity index (χ2v) is 11.7. The van der Waals surface area contributed by atoms with Gasteiger partial charge in [0, 0.05) is 26.4 Å². The molecule has 4 rings (SSSR count). The molecule has 0 aliphatic heterocycles. The first-order chi connectivity index (χ1) is 17.3. The van der Waals surface area contributed by atoms with Crippen molar-refractivity contribution in [3.05, 3.63) is 119 Å². The molecular formula is C27H22Cl2N2O3S2. The molecule has 184 valence electrons. The third kappa shape index (κ3) is 6.69. The summed E-state index contributed by atoms with van der Waals surface area (Å²) in [5.74, 6) is -0.472. The van der Waals surface area contributed by atoms with E-state index in [1.54, 1.807) is 30.3 Å². The number of anilines is 1. The summed E-state index contributed by atoms with van der Waals surface area (Å²) in [6, 6.07) is 29.9. The quantitative estimate of drug-likeness (QED) is 0.241. The lowest BCUT2D eigenvalue weighted by Gasteiger charge is -2.23. The number of para-hydroxylation sites is 1. The van der Waals surface area contributed by atoms with Crippen molar-refractivity contribution in [3.8, 4) is 0 Å². The highest BCUT2D eigenvalue weighted by Crippen LogP contribution is 2.33. The highest BCUT2D eigenvalue weighted by molar-refractivity contribution is 7.99. The van der Waals surface area contributed by atoms with Crippen molar-refractivity contribution in [2.45, 2.75) is 21.2 Å². The highest BCUT2D eigenvalue weighted by Gasteiger charge is 2.28. The Hall–Kier alpha value is -2.81. The van der Waals surface area contributed by atoms with Crippen molar-refractivity contribution < 1.29 is 13.2 Å². The van der Waals surface area contributed by atoms with Crippen LogP contribution in [0.25, 0.3) is 0 Å². The molecule has 5 nitrogen and oxygen atoms in total. The molecule has 4 aromatic carbocycles. The van der Waals surface area contributed by atoms with Gasteiger partial charge in [0.1, 0.15) is 0 Å². The van der Waals surface area contributed by atoms with Gasteiger partial charge in [0.15, 0.2) is 0 Å². The Morgan fingerprint density at radius 2 is 1.44 bits per heavy atom. The van der Waals surface area contributed by atoms with Crippen molar-refractivity contribution in [2.75, 3.05) is 11.9 Å². The van der Waals surface area contributed by atoms with Crippen LogP contribution in [0, 0.1) is 0 Å². The number of nitrogens with one attached hydrogen (secondary N) is 1. The first-order valence-electron chi connectivity index (χ1n) is 10.9. The number of sulfonamides is 1. The van der Waals surface area contributed by atoms with E-state index in [0.29, 0.717) is 21.3 Å². The maximum atomic E-state index is 13.5. The van der Waals surface area contributed by atoms with Gasteiger partial charge in [-0.3, -0.25) is 4.79 Å². The summed E-state index contributed by atoms with van der Waals surface area (Å²) in [5, 5.41) is 3.70. The van der Waals surface area contributed by atoms with Gasteiger partial charge < -0.3 is 5.32 Å². The summed E-state index contributed by atoms with van der Waals surface area (Å²) in [5.41, 5.74) is 1.18. The van der Waals surface area contributed by atoms with Crippen LogP contribution in [0.15, 0.2) is 118 Å². The molecule has 9 heteroatoms. The zero-order valence-corrected chi connectivity index (χ0v) is 22.1. The first kappa shape index (κ1) is 26.3. The summed E-state index contributed by atoms with van der Waals surface area (Å²) in [7, 11) is -4.03. The first-order valence-corrected chi connectivity index (χ1v) is 13.9. The Bertz CT molecular complexity index is 1450. The van der Waals surface area contributed by atoms with E-state index in [0.717, 1.165) is 14.1 Å². The van der Waals surface area contributed by atoms with Gasteiger partial charge in [-0.2, -0.15) is 4.31 Å². The van der Waals surface area contributed by atoms with Crippen molar-refractivity contribution in [2.24, 2.45) is 0 Å². The third-order valence-electron chi connectivity index (χ3n) is 5.21. The predicted molar refractivity (Wildman–Crippen MR) is 146 cm³/mol. The molecular weight excluding hydrogens is 535 g/mol. The fraction of sp³-hybridized carbons (Fsp3) is 0.0741. The number of halogens is 2. The van der Waals surface area contributed by atoms with E-state index in [1.165, 1.54) is 36.0 Å². The molecule has 0 spiro atoms. The second-order valence-electron chi connectivity index (χ2n) is 7.78. The number of carbonyl (C=O) groups is 1. The molecule has 0 atom stereocenters. The molecule has 36 heavy (non-hydrogen) atoms. The van der Waals surface area contributed by atoms with Crippen LogP contribution in [0.1, 0.15) is 5.56 Å². The van der Waals surface area contributed by atoms with E-state index in [2.05, 4.69) is 5.32 Å². The molecule has 0 fully saturated rings. The summed E-state index contributed by atoms with van der Waals surface area (Å²) in [4.78, 5) is 15.0. The molecule has 0 radical (unpaired) electrons. The minimum atomic E-state index is -4.03. The molecule has 0 heterocycles. The van der Waals surface area contributed by atoms with Gasteiger partial charge in [-0.15, -0.1) is 0 Å². The summed E-state index contributed by atoms with van der Waals surface area (Å²) in [6.45, 7) is -0.473. The van der Waals surface area contributed by atoms with Gasteiger partial charge in [0.25, 0.3) is 0 Å². The van der Waals surface area contributed by atoms with Crippen LogP contribution in [-0.4, -0.2) is 25.2 Å². The fourth-order valence-corrected chi connectivity index (χ4v) is 6.04. The molecule has 0 bridgehead atoms. The number of hydrogen-bond donors (Lipinski definition) is 1. The van der Waals surface area contributed by atoms with E-state index >= 15 is 0 Å². The number of hydrogen-bond acceptors (Lipinski definition) is 4. The molecule has 0 aromatic heterocycles. The smallest absolute Gasteiger partial charge is 0.243 e. The van der Waals surface area contributed by atoms with E-state index in [9.17, 15) is 13.2 Å². The lowest BCUT2D eigenvalue weighted by molar-refractivity contribution is -0.116. The Morgan fingerprint density at radius 1 is 0.806 bits per heavy atom. The summed E-state index contributed by atoms with van der Waals surface area (Å²) in [6.07, 6.45) is 0. The lowest BCUT2D eigenvalue weighted by Crippen LogP contribution is -2.37. The highest BCUT2D eigenvalue weighted by atomic mass is 35.5. The topological polar surface area (TPSA) is 66.5 Å². The van der Waals surface area contributed by atoms with Gasteiger partial charge in [-0.1, -0.05) is 83.5 Å². The Kier molecular flexibility index (Phi) is 8.72. The minimum Gasteiger partial charge on any atom is -0.324 e. The van der Waals surface area contributed by atoms with Crippen LogP contribution in [0.2, 0.25) is 10.0 Å². The van der Waals surface area contributed by atoms with Gasteiger partial charge in [0.2, 0.25) is 15.9 Å². The van der Waals surface area contributed by atoms with E-state index in [1.807, 2.05) is 48.5 Å². The Labute approximate surface area is 225 Å². The third-order valence-corrected chi connectivity index (χ3v) is 8.72. The van der Waals surface area contributed by atoms with Crippen LogP contribution < -0.4 is 5.32 Å². The van der Waals surface area contributed by atoms with Crippen LogP contribution in [-0.2, 0) is 21.4 Å². The van der Waals surface area contributed by atoms with Crippen LogP contribution >= 0.6 is 35.0 Å². The number of amides is 1. The number of carbonyl (C=O) groups excluding carboxylic acids is 1. The zero-order chi connectivity index (χ0) is 25.5. The van der Waals surface area contributed by atoms with Crippen LogP contribution in [0.5, 0.6) is 0 Å². The van der Waals surface area contributed by atoms with Crippen LogP contribution in [0.4, 0.5) is 5.69 Å². The van der Waals surface area contributed by atoms with E-state index in [4.69, 9.17) is 23.2 Å². The van der Waals surface area contributed by atoms with Gasteiger partial charge in [-0.25, -0.2) is 8.42 Å². The van der Waals surface area contributed by atoms with Gasteiger partial charge in [-0.05, 0) is 60.2 Å². The lowest BCUT2D eigenvalue weighted by atomic mass is 10.2.